The fourth-order valence-corrected chi connectivity index (χ4v) is 7.05. The lowest BCUT2D eigenvalue weighted by Gasteiger charge is -2.17. The molecule has 8 bridgehead atoms. The van der Waals surface area contributed by atoms with E-state index in [0.29, 0.717) is 39.1 Å². The quantitative estimate of drug-likeness (QED) is 0.176. The Labute approximate surface area is 259 Å². The number of aryl methyl sites for hydroxylation is 2. The van der Waals surface area contributed by atoms with E-state index in [4.69, 9.17) is 9.97 Å². The number of nitrogens with zero attached hydrogens (tertiary/aromatic N) is 2. The van der Waals surface area contributed by atoms with E-state index in [2.05, 4.69) is 23.8 Å². The zero-order valence-electron chi connectivity index (χ0n) is 26.2. The van der Waals surface area contributed by atoms with Crippen molar-refractivity contribution in [1.29, 1.82) is 0 Å². The molecule has 0 aromatic carbocycles. The highest BCUT2D eigenvalue weighted by Gasteiger charge is 2.34. The Kier molecular flexibility index (Phi) is 8.39. The van der Waals surface area contributed by atoms with E-state index in [1.54, 1.807) is 6.92 Å². The van der Waals surface area contributed by atoms with Crippen molar-refractivity contribution in [2.45, 2.75) is 90.9 Å². The minimum atomic E-state index is -1.22. The number of hydrogen-bond acceptors (Lipinski definition) is 6. The molecule has 0 fully saturated rings. The summed E-state index contributed by atoms with van der Waals surface area (Å²) >= 11 is 0. The number of fused-ring (bicyclic) bond motifs is 8. The standard InChI is InChI=1S/C34H38N4O7/c1-7-19-14(2)22-13-27-30(18(6)39)16(4)24(36-27)11-23-15(3)20(8-9-28(40)41)32(37-23)21(10-29(42)43)33-31(34(44)45)17(5)25(38-33)12-26(19)35-22/h11-15,19-20,36,38H,7-10H2,1-6H3,(H,40,41)(H,42,43)(H,44,45). The van der Waals surface area contributed by atoms with Crippen LogP contribution in [0.3, 0.4) is 0 Å². The number of carboxylic acids is 3. The van der Waals surface area contributed by atoms with Gasteiger partial charge in [-0.2, -0.15) is 0 Å². The minimum Gasteiger partial charge on any atom is -0.481 e. The minimum absolute atomic E-state index is 0.0153. The number of aromatic nitrogens is 4. The summed E-state index contributed by atoms with van der Waals surface area (Å²) in [7, 11) is 0. The van der Waals surface area contributed by atoms with Gasteiger partial charge in [0, 0.05) is 69.3 Å². The summed E-state index contributed by atoms with van der Waals surface area (Å²) in [6.07, 6.45) is 0.234. The number of carbonyl (C=O) groups excluding carboxylic acids is 1. The summed E-state index contributed by atoms with van der Waals surface area (Å²) in [4.78, 5) is 66.0. The van der Waals surface area contributed by atoms with Crippen LogP contribution in [-0.4, -0.2) is 58.9 Å². The van der Waals surface area contributed by atoms with Gasteiger partial charge in [-0.3, -0.25) is 24.4 Å². The molecule has 0 saturated heterocycles. The van der Waals surface area contributed by atoms with Crippen molar-refractivity contribution in [3.8, 4) is 0 Å². The molecule has 5 rings (SSSR count). The first-order chi connectivity index (χ1) is 21.2. The highest BCUT2D eigenvalue weighted by atomic mass is 16.4. The van der Waals surface area contributed by atoms with Crippen molar-refractivity contribution in [1.82, 2.24) is 19.9 Å². The van der Waals surface area contributed by atoms with E-state index < -0.39 is 30.2 Å². The number of hydrogen-bond donors (Lipinski definition) is 5. The van der Waals surface area contributed by atoms with E-state index in [0.717, 1.165) is 23.4 Å². The molecule has 4 unspecified atom stereocenters. The number of aromatic carboxylic acids is 1. The topological polar surface area (TPSA) is 186 Å². The molecular weight excluding hydrogens is 576 g/mol. The zero-order chi connectivity index (χ0) is 32.9. The molecule has 0 amide bonds. The summed E-state index contributed by atoms with van der Waals surface area (Å²) in [5, 5.41) is 29.9. The van der Waals surface area contributed by atoms with Crippen LogP contribution in [0.5, 0.6) is 0 Å². The fourth-order valence-electron chi connectivity index (χ4n) is 7.05. The van der Waals surface area contributed by atoms with Gasteiger partial charge in [0.15, 0.2) is 5.78 Å². The molecule has 2 aliphatic heterocycles. The number of Topliss-reactive ketones (excluding diaryl/α,β-unsaturated/α-hetero) is 1. The third-order valence-corrected chi connectivity index (χ3v) is 9.48. The number of rotatable bonds is 8. The molecular formula is C34H38N4O7. The Morgan fingerprint density at radius 2 is 1.36 bits per heavy atom. The predicted octanol–water partition coefficient (Wildman–Crippen LogP) is 6.51. The van der Waals surface area contributed by atoms with Crippen molar-refractivity contribution in [3.05, 3.63) is 68.8 Å². The lowest BCUT2D eigenvalue weighted by atomic mass is 9.85. The number of carbonyl (C=O) groups is 4. The fraction of sp³-hybridized carbons (Fsp3) is 0.412. The van der Waals surface area contributed by atoms with Gasteiger partial charge in [-0.05, 0) is 62.9 Å². The number of aliphatic carboxylic acids is 2. The van der Waals surface area contributed by atoms with Crippen molar-refractivity contribution in [2.24, 2.45) is 0 Å². The molecule has 0 saturated carbocycles. The van der Waals surface area contributed by atoms with E-state index in [-0.39, 0.29) is 53.0 Å². The molecule has 11 heteroatoms. The van der Waals surface area contributed by atoms with Crippen LogP contribution in [0.2, 0.25) is 0 Å². The van der Waals surface area contributed by atoms with Gasteiger partial charge in [0.05, 0.1) is 28.7 Å². The average molecular weight is 615 g/mol. The Hall–Kier alpha value is -4.80. The predicted molar refractivity (Wildman–Crippen MR) is 168 cm³/mol. The van der Waals surface area contributed by atoms with Gasteiger partial charge < -0.3 is 25.3 Å². The van der Waals surface area contributed by atoms with Gasteiger partial charge in [0.2, 0.25) is 0 Å². The Morgan fingerprint density at radius 1 is 0.778 bits per heavy atom. The molecule has 45 heavy (non-hydrogen) atoms. The molecule has 3 aromatic heterocycles. The number of ketones is 1. The van der Waals surface area contributed by atoms with Crippen LogP contribution in [0.1, 0.15) is 131 Å². The van der Waals surface area contributed by atoms with Gasteiger partial charge in [0.25, 0.3) is 0 Å². The summed E-state index contributed by atoms with van der Waals surface area (Å²) in [6.45, 7) is 11.1. The van der Waals surface area contributed by atoms with Crippen LogP contribution in [0.25, 0.3) is 22.1 Å². The molecule has 4 atom stereocenters. The van der Waals surface area contributed by atoms with Crippen LogP contribution in [0.15, 0.2) is 18.2 Å². The maximum atomic E-state index is 12.9. The van der Waals surface area contributed by atoms with Gasteiger partial charge in [-0.1, -0.05) is 20.8 Å². The molecule has 11 nitrogen and oxygen atoms in total. The van der Waals surface area contributed by atoms with Crippen LogP contribution in [0.4, 0.5) is 0 Å². The van der Waals surface area contributed by atoms with Gasteiger partial charge in [0.1, 0.15) is 0 Å². The lowest BCUT2D eigenvalue weighted by Crippen LogP contribution is -2.11. The smallest absolute Gasteiger partial charge is 0.338 e. The second kappa shape index (κ2) is 11.9. The van der Waals surface area contributed by atoms with Crippen LogP contribution in [-0.2, 0) is 16.0 Å². The molecule has 0 radical (unpaired) electrons. The lowest BCUT2D eigenvalue weighted by molar-refractivity contribution is -0.138. The van der Waals surface area contributed by atoms with Crippen molar-refractivity contribution in [2.75, 3.05) is 0 Å². The number of aromatic amines is 2. The normalized spacial score (nSPS) is 19.4. The highest BCUT2D eigenvalue weighted by Crippen LogP contribution is 2.43. The van der Waals surface area contributed by atoms with E-state index >= 15 is 0 Å². The summed E-state index contributed by atoms with van der Waals surface area (Å²) in [5.41, 5.74) is 6.20. The molecule has 3 aromatic rings. The third-order valence-electron chi connectivity index (χ3n) is 9.48. The summed E-state index contributed by atoms with van der Waals surface area (Å²) in [5.74, 6) is -4.29. The van der Waals surface area contributed by atoms with Crippen molar-refractivity contribution in [3.63, 3.8) is 0 Å². The van der Waals surface area contributed by atoms with Crippen LogP contribution in [0, 0.1) is 13.8 Å². The second-order valence-corrected chi connectivity index (χ2v) is 12.2. The Bertz CT molecular complexity index is 1920. The number of carboxylic acid groups (broad SMARTS) is 3. The van der Waals surface area contributed by atoms with Gasteiger partial charge in [-0.15, -0.1) is 0 Å². The SMILES string of the molecule is CCC1c2cc3[nH]c(c(CC(=O)O)c4nc(cc5[nH]c(cc(n2)C1C)c(C(C)=O)c5C)C(C)C4CCC(=O)O)c(C(=O)O)c3C. The average Bonchev–Trinajstić information content (AvgIpc) is 3.63. The van der Waals surface area contributed by atoms with Crippen molar-refractivity contribution >= 4 is 45.8 Å². The molecule has 2 aliphatic rings. The first-order valence-corrected chi connectivity index (χ1v) is 15.2. The van der Waals surface area contributed by atoms with Crippen molar-refractivity contribution < 1.29 is 34.5 Å². The Balaban J connectivity index is 2.03. The largest absolute Gasteiger partial charge is 0.481 e. The number of H-pyrrole nitrogens is 2. The first-order valence-electron chi connectivity index (χ1n) is 15.2. The van der Waals surface area contributed by atoms with Crippen LogP contribution >= 0.6 is 0 Å². The first kappa shape index (κ1) is 31.6. The molecule has 5 N–H and O–H groups in total. The second-order valence-electron chi connectivity index (χ2n) is 12.2. The van der Waals surface area contributed by atoms with Crippen LogP contribution < -0.4 is 0 Å². The maximum Gasteiger partial charge on any atom is 0.338 e. The molecule has 0 aliphatic carbocycles. The van der Waals surface area contributed by atoms with Gasteiger partial charge >= 0.3 is 17.9 Å². The summed E-state index contributed by atoms with van der Waals surface area (Å²) < 4.78 is 0. The third kappa shape index (κ3) is 5.63. The maximum absolute atomic E-state index is 12.9. The summed E-state index contributed by atoms with van der Waals surface area (Å²) in [6, 6.07) is 5.55. The highest BCUT2D eigenvalue weighted by molar-refractivity contribution is 6.05. The molecule has 5 heterocycles. The van der Waals surface area contributed by atoms with E-state index in [9.17, 15) is 34.5 Å². The Morgan fingerprint density at radius 3 is 1.96 bits per heavy atom. The van der Waals surface area contributed by atoms with E-state index in [1.807, 2.05) is 32.0 Å². The zero-order valence-corrected chi connectivity index (χ0v) is 26.2. The molecule has 236 valence electrons. The van der Waals surface area contributed by atoms with Gasteiger partial charge in [-0.25, -0.2) is 4.79 Å². The number of nitrogens with one attached hydrogen (secondary N) is 2. The molecule has 0 spiro atoms. The van der Waals surface area contributed by atoms with E-state index in [1.165, 1.54) is 6.92 Å². The monoisotopic (exact) mass is 614 g/mol.